The van der Waals surface area contributed by atoms with Crippen LogP contribution < -0.4 is 11.1 Å². The van der Waals surface area contributed by atoms with Gasteiger partial charge in [-0.1, -0.05) is 11.3 Å². The van der Waals surface area contributed by atoms with Gasteiger partial charge in [-0.25, -0.2) is 27.2 Å². The van der Waals surface area contributed by atoms with Crippen LogP contribution in [0.25, 0.3) is 22.4 Å². The van der Waals surface area contributed by atoms with E-state index in [2.05, 4.69) is 20.6 Å². The third-order valence-electron chi connectivity index (χ3n) is 5.54. The lowest BCUT2D eigenvalue weighted by Gasteiger charge is -2.18. The number of pyridine rings is 1. The maximum Gasteiger partial charge on any atom is 0.263 e. The molecule has 0 spiro atoms. The van der Waals surface area contributed by atoms with E-state index >= 15 is 0 Å². The summed E-state index contributed by atoms with van der Waals surface area (Å²) in [5.74, 6) is -2.66. The second-order valence-electron chi connectivity index (χ2n) is 7.92. The van der Waals surface area contributed by atoms with E-state index in [0.717, 1.165) is 18.2 Å². The third-order valence-corrected chi connectivity index (χ3v) is 5.54. The summed E-state index contributed by atoms with van der Waals surface area (Å²) in [6, 6.07) is 6.74. The molecule has 186 valence electrons. The summed E-state index contributed by atoms with van der Waals surface area (Å²) in [5, 5.41) is 19.7. The minimum absolute atomic E-state index is 0.0847. The molecule has 0 bridgehead atoms. The number of carbonyl (C=O) groups is 1. The molecule has 1 amide bonds. The monoisotopic (exact) mass is 500 g/mol. The van der Waals surface area contributed by atoms with Gasteiger partial charge in [0.1, 0.15) is 17.5 Å². The highest BCUT2D eigenvalue weighted by molar-refractivity contribution is 5.95. The molecule has 4 aromatic rings. The van der Waals surface area contributed by atoms with E-state index in [1.165, 1.54) is 29.2 Å². The lowest BCUT2D eigenvalue weighted by molar-refractivity contribution is 0.0912. The summed E-state index contributed by atoms with van der Waals surface area (Å²) in [6.07, 6.45) is 0.108. The number of rotatable bonds is 7. The van der Waals surface area contributed by atoms with Crippen LogP contribution in [0.2, 0.25) is 0 Å². The summed E-state index contributed by atoms with van der Waals surface area (Å²) in [4.78, 5) is 16.9. The fourth-order valence-corrected chi connectivity index (χ4v) is 3.70. The highest BCUT2D eigenvalue weighted by atomic mass is 19.3. The molecule has 2 aromatic heterocycles. The number of amides is 1. The van der Waals surface area contributed by atoms with Crippen LogP contribution in [0.15, 0.2) is 54.9 Å². The van der Waals surface area contributed by atoms with Crippen molar-refractivity contribution >= 4 is 11.7 Å². The van der Waals surface area contributed by atoms with E-state index in [-0.39, 0.29) is 16.9 Å². The van der Waals surface area contributed by atoms with Crippen LogP contribution in [0.5, 0.6) is 0 Å². The molecule has 1 unspecified atom stereocenters. The number of carbonyl (C=O) groups excluding carboxylic acids is 1. The normalized spacial score (nSPS) is 12.1. The second-order valence-corrected chi connectivity index (χ2v) is 7.92. The summed E-state index contributed by atoms with van der Waals surface area (Å²) < 4.78 is 56.3. The molecule has 0 aliphatic rings. The van der Waals surface area contributed by atoms with E-state index in [9.17, 15) is 27.5 Å². The number of hydrogen-bond donors (Lipinski definition) is 3. The maximum atomic E-state index is 15.0. The lowest BCUT2D eigenvalue weighted by Crippen LogP contribution is -2.31. The van der Waals surface area contributed by atoms with Gasteiger partial charge in [0.05, 0.1) is 30.1 Å². The van der Waals surface area contributed by atoms with Gasteiger partial charge in [-0.2, -0.15) is 0 Å². The first kappa shape index (κ1) is 24.8. The van der Waals surface area contributed by atoms with Crippen molar-refractivity contribution in [1.29, 1.82) is 0 Å². The molecule has 36 heavy (non-hydrogen) atoms. The van der Waals surface area contributed by atoms with Crippen LogP contribution >= 0.6 is 0 Å². The van der Waals surface area contributed by atoms with Crippen molar-refractivity contribution in [2.45, 2.75) is 12.5 Å². The Hall–Kier alpha value is -4.32. The number of aliphatic hydroxyl groups is 1. The van der Waals surface area contributed by atoms with Crippen LogP contribution in [0.3, 0.4) is 0 Å². The van der Waals surface area contributed by atoms with Crippen LogP contribution in [0.4, 0.5) is 23.4 Å². The number of aryl methyl sites for hydroxylation is 1. The third kappa shape index (κ3) is 5.03. The predicted molar refractivity (Wildman–Crippen MR) is 123 cm³/mol. The molecular weight excluding hydrogens is 480 g/mol. The molecule has 0 saturated heterocycles. The molecule has 4 N–H and O–H groups in total. The molecule has 2 aromatic carbocycles. The largest absolute Gasteiger partial charge is 0.394 e. The van der Waals surface area contributed by atoms with E-state index in [1.807, 2.05) is 0 Å². The van der Waals surface area contributed by atoms with Crippen molar-refractivity contribution in [3.8, 4) is 22.4 Å². The van der Waals surface area contributed by atoms with Crippen LogP contribution in [0.1, 0.15) is 34.0 Å². The Morgan fingerprint density at radius 2 is 1.83 bits per heavy atom. The Morgan fingerprint density at radius 1 is 1.08 bits per heavy atom. The van der Waals surface area contributed by atoms with Crippen LogP contribution in [-0.4, -0.2) is 37.6 Å². The van der Waals surface area contributed by atoms with Gasteiger partial charge in [0, 0.05) is 29.9 Å². The highest BCUT2D eigenvalue weighted by Crippen LogP contribution is 2.30. The number of nitrogens with two attached hydrogens (primary N) is 1. The molecule has 0 radical (unpaired) electrons. The number of aliphatic hydroxyl groups excluding tert-OH is 1. The second kappa shape index (κ2) is 10.1. The van der Waals surface area contributed by atoms with Crippen molar-refractivity contribution in [2.75, 3.05) is 12.3 Å². The fraction of sp³-hybridized carbons (Fsp3) is 0.167. The Kier molecular flexibility index (Phi) is 6.97. The zero-order chi connectivity index (χ0) is 26.0. The van der Waals surface area contributed by atoms with Gasteiger partial charge in [-0.3, -0.25) is 4.79 Å². The minimum atomic E-state index is -2.95. The maximum absolute atomic E-state index is 15.0. The fourth-order valence-electron chi connectivity index (χ4n) is 3.70. The van der Waals surface area contributed by atoms with Gasteiger partial charge >= 0.3 is 0 Å². The molecule has 1 atom stereocenters. The molecule has 0 saturated carbocycles. The molecule has 2 heterocycles. The van der Waals surface area contributed by atoms with Crippen LogP contribution in [-0.2, 0) is 7.05 Å². The van der Waals surface area contributed by atoms with Gasteiger partial charge in [-0.15, -0.1) is 5.10 Å². The molecule has 12 heteroatoms. The number of anilines is 1. The van der Waals surface area contributed by atoms with E-state index in [0.29, 0.717) is 28.5 Å². The summed E-state index contributed by atoms with van der Waals surface area (Å²) in [7, 11) is 1.70. The van der Waals surface area contributed by atoms with Crippen molar-refractivity contribution in [2.24, 2.45) is 7.05 Å². The number of aromatic nitrogens is 4. The van der Waals surface area contributed by atoms with Crippen LogP contribution in [0, 0.1) is 11.6 Å². The predicted octanol–water partition coefficient (Wildman–Crippen LogP) is 3.81. The van der Waals surface area contributed by atoms with E-state index in [4.69, 9.17) is 5.73 Å². The topological polar surface area (TPSA) is 119 Å². The zero-order valence-electron chi connectivity index (χ0n) is 18.8. The molecule has 8 nitrogen and oxygen atoms in total. The zero-order valence-corrected chi connectivity index (χ0v) is 18.8. The lowest BCUT2D eigenvalue weighted by atomic mass is 10.0. The van der Waals surface area contributed by atoms with Gasteiger partial charge < -0.3 is 16.2 Å². The van der Waals surface area contributed by atoms with Gasteiger partial charge in [0.15, 0.2) is 0 Å². The summed E-state index contributed by atoms with van der Waals surface area (Å²) in [6.45, 7) is -0.727. The van der Waals surface area contributed by atoms with Crippen molar-refractivity contribution < 1.29 is 27.5 Å². The number of halogens is 4. The first-order valence-electron chi connectivity index (χ1n) is 10.6. The summed E-state index contributed by atoms with van der Waals surface area (Å²) >= 11 is 0. The average molecular weight is 500 g/mol. The molecule has 0 fully saturated rings. The first-order valence-corrected chi connectivity index (χ1v) is 10.6. The van der Waals surface area contributed by atoms with Crippen molar-refractivity contribution in [1.82, 2.24) is 25.3 Å². The molecule has 0 aliphatic carbocycles. The Morgan fingerprint density at radius 3 is 2.47 bits per heavy atom. The number of nitrogens with one attached hydrogen (secondary N) is 1. The van der Waals surface area contributed by atoms with E-state index < -0.39 is 42.2 Å². The SMILES string of the molecule is Cn1nncc1-c1cnc(N)c(-c2ccc(C(=O)NC(CO)c3cc(F)cc(C(F)F)c3)c(F)c2)c1. The number of hydrogen-bond acceptors (Lipinski definition) is 6. The van der Waals surface area contributed by atoms with Gasteiger partial charge in [0.25, 0.3) is 12.3 Å². The smallest absolute Gasteiger partial charge is 0.263 e. The van der Waals surface area contributed by atoms with Gasteiger partial charge in [0.2, 0.25) is 0 Å². The number of nitrogen functional groups attached to an aromatic ring is 1. The van der Waals surface area contributed by atoms with E-state index in [1.54, 1.807) is 13.1 Å². The highest BCUT2D eigenvalue weighted by Gasteiger charge is 2.21. The Bertz CT molecular complexity index is 1430. The molecular formula is C24H20F4N6O2. The molecule has 0 aliphatic heterocycles. The Balaban J connectivity index is 1.60. The standard InChI is InChI=1S/C24H20F4N6O2/c1-34-21(10-31-33-34)15-7-18(23(29)30-9-15)12-2-3-17(19(26)8-12)24(36)32-20(11-35)13-4-14(22(27)28)6-16(25)5-13/h2-10,20,22,35H,11H2,1H3,(H2,29,30)(H,32,36). The van der Waals surface area contributed by atoms with Crippen molar-refractivity contribution in [3.05, 3.63) is 83.2 Å². The average Bonchev–Trinajstić information content (AvgIpc) is 3.28. The van der Waals surface area contributed by atoms with Crippen molar-refractivity contribution in [3.63, 3.8) is 0 Å². The Labute approximate surface area is 202 Å². The minimum Gasteiger partial charge on any atom is -0.394 e. The van der Waals surface area contributed by atoms with Gasteiger partial charge in [-0.05, 0) is 47.5 Å². The number of alkyl halides is 2. The number of benzene rings is 2. The summed E-state index contributed by atoms with van der Waals surface area (Å²) in [5.41, 5.74) is 6.97. The first-order chi connectivity index (χ1) is 17.2. The number of nitrogens with zero attached hydrogens (tertiary/aromatic N) is 4. The quantitative estimate of drug-likeness (QED) is 0.332. The molecule has 4 rings (SSSR count).